The van der Waals surface area contributed by atoms with Gasteiger partial charge in [-0.25, -0.2) is 4.79 Å². The number of esters is 1. The molecular formula is C11H15IN2O3. The number of ether oxygens (including phenoxy) is 1. The molecule has 1 aromatic rings. The fraction of sp³-hybridized carbons (Fsp3) is 0.636. The number of nitrogens with zero attached hydrogens (tertiary/aromatic N) is 2. The third kappa shape index (κ3) is 2.62. The van der Waals surface area contributed by atoms with Crippen LogP contribution in [0.2, 0.25) is 0 Å². The van der Waals surface area contributed by atoms with E-state index in [2.05, 4.69) is 27.7 Å². The van der Waals surface area contributed by atoms with Crippen LogP contribution < -0.4 is 0 Å². The van der Waals surface area contributed by atoms with E-state index in [1.54, 1.807) is 6.92 Å². The van der Waals surface area contributed by atoms with Crippen LogP contribution in [-0.2, 0) is 4.74 Å². The molecule has 17 heavy (non-hydrogen) atoms. The highest BCUT2D eigenvalue weighted by atomic mass is 127. The maximum absolute atomic E-state index is 11.6. The summed E-state index contributed by atoms with van der Waals surface area (Å²) >= 11 is 2.09. The molecular weight excluding hydrogens is 335 g/mol. The van der Waals surface area contributed by atoms with Crippen molar-refractivity contribution in [2.45, 2.75) is 25.8 Å². The number of aliphatic hydroxyl groups is 1. The number of rotatable bonds is 4. The molecule has 94 valence electrons. The minimum atomic E-state index is -0.367. The molecule has 6 heteroatoms. The van der Waals surface area contributed by atoms with Crippen LogP contribution >= 0.6 is 22.6 Å². The van der Waals surface area contributed by atoms with Gasteiger partial charge in [-0.05, 0) is 48.3 Å². The smallest absolute Gasteiger partial charge is 0.359 e. The Hall–Kier alpha value is -0.630. The van der Waals surface area contributed by atoms with E-state index in [1.807, 2.05) is 10.9 Å². The fourth-order valence-electron chi connectivity index (χ4n) is 1.96. The number of hydrogen-bond donors (Lipinski definition) is 1. The van der Waals surface area contributed by atoms with Gasteiger partial charge in [-0.2, -0.15) is 5.10 Å². The largest absolute Gasteiger partial charge is 0.461 e. The maximum Gasteiger partial charge on any atom is 0.359 e. The van der Waals surface area contributed by atoms with E-state index < -0.39 is 0 Å². The summed E-state index contributed by atoms with van der Waals surface area (Å²) in [6.45, 7) is 2.37. The molecule has 1 aliphatic rings. The monoisotopic (exact) mass is 350 g/mol. The molecule has 0 radical (unpaired) electrons. The highest BCUT2D eigenvalue weighted by Crippen LogP contribution is 2.37. The topological polar surface area (TPSA) is 64.3 Å². The summed E-state index contributed by atoms with van der Waals surface area (Å²) < 4.78 is 7.57. The molecule has 2 rings (SSSR count). The van der Waals surface area contributed by atoms with Gasteiger partial charge in [-0.3, -0.25) is 4.68 Å². The Morgan fingerprint density at radius 1 is 1.71 bits per heavy atom. The van der Waals surface area contributed by atoms with Crippen molar-refractivity contribution in [3.63, 3.8) is 0 Å². The van der Waals surface area contributed by atoms with Gasteiger partial charge in [-0.15, -0.1) is 0 Å². The van der Waals surface area contributed by atoms with Crippen molar-refractivity contribution in [1.82, 2.24) is 9.78 Å². The first kappa shape index (κ1) is 12.8. The fourth-order valence-corrected chi connectivity index (χ4v) is 2.57. The quantitative estimate of drug-likeness (QED) is 0.662. The van der Waals surface area contributed by atoms with Crippen LogP contribution in [0, 0.1) is 9.49 Å². The summed E-state index contributed by atoms with van der Waals surface area (Å²) in [7, 11) is 0. The molecule has 1 aromatic heterocycles. The lowest BCUT2D eigenvalue weighted by Gasteiger charge is -2.33. The van der Waals surface area contributed by atoms with E-state index in [9.17, 15) is 4.79 Å². The van der Waals surface area contributed by atoms with E-state index in [1.165, 1.54) is 0 Å². The van der Waals surface area contributed by atoms with Crippen molar-refractivity contribution in [3.8, 4) is 0 Å². The minimum absolute atomic E-state index is 0.236. The van der Waals surface area contributed by atoms with Crippen molar-refractivity contribution >= 4 is 28.6 Å². The highest BCUT2D eigenvalue weighted by Gasteiger charge is 2.31. The van der Waals surface area contributed by atoms with E-state index in [0.29, 0.717) is 24.3 Å². The number of halogens is 1. The van der Waals surface area contributed by atoms with Crippen LogP contribution in [0.15, 0.2) is 6.20 Å². The lowest BCUT2D eigenvalue weighted by molar-refractivity contribution is 0.0514. The molecule has 1 saturated carbocycles. The molecule has 1 N–H and O–H groups in total. The van der Waals surface area contributed by atoms with Crippen LogP contribution in [0.3, 0.4) is 0 Å². The Labute approximate surface area is 113 Å². The van der Waals surface area contributed by atoms with Gasteiger partial charge in [-0.1, -0.05) is 0 Å². The summed E-state index contributed by atoms with van der Waals surface area (Å²) in [4.78, 5) is 11.6. The summed E-state index contributed by atoms with van der Waals surface area (Å²) in [5.41, 5.74) is 0.389. The van der Waals surface area contributed by atoms with Crippen LogP contribution in [-0.4, -0.2) is 34.1 Å². The van der Waals surface area contributed by atoms with Crippen molar-refractivity contribution in [2.24, 2.45) is 5.92 Å². The average molecular weight is 350 g/mol. The summed E-state index contributed by atoms with van der Waals surface area (Å²) in [6, 6.07) is 0.309. The lowest BCUT2D eigenvalue weighted by Crippen LogP contribution is -2.29. The van der Waals surface area contributed by atoms with E-state index in [4.69, 9.17) is 9.84 Å². The maximum atomic E-state index is 11.6. The zero-order chi connectivity index (χ0) is 12.4. The summed E-state index contributed by atoms with van der Waals surface area (Å²) in [5.74, 6) is 0.0154. The zero-order valence-electron chi connectivity index (χ0n) is 9.60. The second-order valence-electron chi connectivity index (χ2n) is 4.20. The van der Waals surface area contributed by atoms with Gasteiger partial charge in [0.25, 0.3) is 0 Å². The number of carbonyl (C=O) groups excluding carboxylic acids is 1. The zero-order valence-corrected chi connectivity index (χ0v) is 11.8. The van der Waals surface area contributed by atoms with E-state index in [-0.39, 0.29) is 12.6 Å². The Kier molecular flexibility index (Phi) is 4.03. The first-order valence-electron chi connectivity index (χ1n) is 5.68. The molecule has 0 aromatic carbocycles. The Morgan fingerprint density at radius 3 is 3.00 bits per heavy atom. The normalized spacial score (nSPS) is 23.2. The van der Waals surface area contributed by atoms with Crippen molar-refractivity contribution in [2.75, 3.05) is 13.2 Å². The third-order valence-corrected chi connectivity index (χ3v) is 3.79. The van der Waals surface area contributed by atoms with E-state index in [0.717, 1.165) is 16.4 Å². The van der Waals surface area contributed by atoms with Crippen molar-refractivity contribution < 1.29 is 14.6 Å². The minimum Gasteiger partial charge on any atom is -0.461 e. The summed E-state index contributed by atoms with van der Waals surface area (Å²) in [6.07, 6.45) is 3.72. The Balaban J connectivity index is 2.06. The van der Waals surface area contributed by atoms with Gasteiger partial charge in [0.05, 0.1) is 16.2 Å². The first-order chi connectivity index (χ1) is 8.15. The summed E-state index contributed by atoms with van der Waals surface area (Å²) in [5, 5.41) is 13.2. The Morgan fingerprint density at radius 2 is 2.41 bits per heavy atom. The van der Waals surface area contributed by atoms with Crippen LogP contribution in [0.25, 0.3) is 0 Å². The lowest BCUT2D eigenvalue weighted by atomic mass is 9.81. The molecule has 1 aliphatic carbocycles. The van der Waals surface area contributed by atoms with Crippen LogP contribution in [0.4, 0.5) is 0 Å². The molecule has 0 saturated heterocycles. The molecule has 0 bridgehead atoms. The molecule has 0 unspecified atom stereocenters. The van der Waals surface area contributed by atoms with Gasteiger partial charge in [0, 0.05) is 12.8 Å². The molecule has 0 aliphatic heterocycles. The molecule has 1 heterocycles. The van der Waals surface area contributed by atoms with E-state index >= 15 is 0 Å². The second kappa shape index (κ2) is 5.34. The second-order valence-corrected chi connectivity index (χ2v) is 5.36. The van der Waals surface area contributed by atoms with Crippen LogP contribution in [0.1, 0.15) is 36.3 Å². The van der Waals surface area contributed by atoms with Crippen LogP contribution in [0.5, 0.6) is 0 Å². The predicted molar refractivity (Wildman–Crippen MR) is 69.7 cm³/mol. The molecule has 0 spiro atoms. The van der Waals surface area contributed by atoms with Gasteiger partial charge in [0.15, 0.2) is 5.69 Å². The molecule has 5 nitrogen and oxygen atoms in total. The molecule has 1 fully saturated rings. The average Bonchev–Trinajstić information content (AvgIpc) is 2.59. The van der Waals surface area contributed by atoms with Gasteiger partial charge < -0.3 is 9.84 Å². The highest BCUT2D eigenvalue weighted by molar-refractivity contribution is 14.1. The molecule has 0 amide bonds. The van der Waals surface area contributed by atoms with Gasteiger partial charge in [0.1, 0.15) is 0 Å². The predicted octanol–water partition coefficient (Wildman–Crippen LogP) is 1.61. The number of carbonyl (C=O) groups is 1. The third-order valence-electron chi connectivity index (χ3n) is 3.00. The van der Waals surface area contributed by atoms with Crippen molar-refractivity contribution in [3.05, 3.63) is 15.5 Å². The van der Waals surface area contributed by atoms with Gasteiger partial charge in [0.2, 0.25) is 0 Å². The van der Waals surface area contributed by atoms with Gasteiger partial charge >= 0.3 is 5.97 Å². The number of aliphatic hydroxyl groups excluding tert-OH is 1. The first-order valence-corrected chi connectivity index (χ1v) is 6.76. The Bertz CT molecular complexity index is 413. The SMILES string of the molecule is CCOC(=O)c1nn(C2CC(CO)C2)cc1I. The van der Waals surface area contributed by atoms with Crippen molar-refractivity contribution in [1.29, 1.82) is 0 Å². The number of aromatic nitrogens is 2. The molecule has 0 atom stereocenters. The standard InChI is InChI=1S/C11H15IN2O3/c1-2-17-11(16)10-9(12)5-14(13-10)8-3-7(4-8)6-15/h5,7-8,15H,2-4,6H2,1H3. The number of hydrogen-bond acceptors (Lipinski definition) is 4.